The van der Waals surface area contributed by atoms with Gasteiger partial charge in [-0.15, -0.1) is 0 Å². The van der Waals surface area contributed by atoms with Gasteiger partial charge in [-0.05, 0) is 55.5 Å². The van der Waals surface area contributed by atoms with Crippen LogP contribution in [-0.4, -0.2) is 12.1 Å². The summed E-state index contributed by atoms with van der Waals surface area (Å²) in [4.78, 5) is 4.59. The van der Waals surface area contributed by atoms with Crippen LogP contribution >= 0.6 is 0 Å². The zero-order valence-electron chi connectivity index (χ0n) is 14.7. The van der Waals surface area contributed by atoms with Crippen molar-refractivity contribution in [3.05, 3.63) is 59.4 Å². The summed E-state index contributed by atoms with van der Waals surface area (Å²) in [6.45, 7) is 6.21. The molecule has 1 aromatic carbocycles. The zero-order valence-corrected chi connectivity index (χ0v) is 14.7. The molecule has 3 rings (SSSR count). The number of pyridine rings is 1. The minimum Gasteiger partial charge on any atom is -0.497 e. The molecule has 1 aliphatic rings. The zero-order chi connectivity index (χ0) is 16.7. The molecular formula is C20H28N2O. The number of benzene rings is 1. The van der Waals surface area contributed by atoms with Crippen molar-refractivity contribution in [2.75, 3.05) is 7.11 Å². The third kappa shape index (κ3) is 4.32. The van der Waals surface area contributed by atoms with Crippen LogP contribution in [0.2, 0.25) is 0 Å². The van der Waals surface area contributed by atoms with Crippen molar-refractivity contribution < 1.29 is 4.74 Å². The van der Waals surface area contributed by atoms with Crippen molar-refractivity contribution >= 4 is 0 Å². The maximum atomic E-state index is 5.21. The van der Waals surface area contributed by atoms with Gasteiger partial charge < -0.3 is 10.1 Å². The van der Waals surface area contributed by atoms with E-state index < -0.39 is 0 Å². The number of nitrogens with zero attached hydrogens (tertiary/aromatic N) is 1. The molecule has 2 aromatic rings. The molecule has 1 N–H and O–H groups in total. The maximum absolute atomic E-state index is 5.21. The molecule has 0 fully saturated rings. The summed E-state index contributed by atoms with van der Waals surface area (Å²) in [7, 11) is 1.70. The molecule has 124 valence electrons. The maximum Gasteiger partial charge on any atom is 0.118 e. The lowest BCUT2D eigenvalue weighted by Crippen LogP contribution is -2.28. The summed E-state index contributed by atoms with van der Waals surface area (Å²) < 4.78 is 5.21. The smallest absolute Gasteiger partial charge is 0.118 e. The van der Waals surface area contributed by atoms with Crippen molar-refractivity contribution in [3.8, 4) is 5.75 Å². The van der Waals surface area contributed by atoms with E-state index in [0.717, 1.165) is 18.6 Å². The van der Waals surface area contributed by atoms with Gasteiger partial charge in [-0.25, -0.2) is 0 Å². The Morgan fingerprint density at radius 3 is 2.61 bits per heavy atom. The molecule has 0 aliphatic heterocycles. The van der Waals surface area contributed by atoms with Crippen molar-refractivity contribution in [2.45, 2.75) is 52.1 Å². The van der Waals surface area contributed by atoms with Crippen molar-refractivity contribution in [1.82, 2.24) is 10.3 Å². The minimum atomic E-state index is 0.300. The molecule has 0 saturated carbocycles. The molecule has 0 radical (unpaired) electrons. The molecular weight excluding hydrogens is 284 g/mol. The first-order chi connectivity index (χ1) is 11.3. The van der Waals surface area contributed by atoms with Crippen LogP contribution in [0.25, 0.3) is 0 Å². The molecule has 1 heterocycles. The van der Waals surface area contributed by atoms with Crippen LogP contribution in [-0.2, 0) is 6.42 Å². The highest BCUT2D eigenvalue weighted by molar-refractivity contribution is 5.30. The predicted octanol–water partition coefficient (Wildman–Crippen LogP) is 4.84. The van der Waals surface area contributed by atoms with Crippen LogP contribution in [0.5, 0.6) is 5.75 Å². The van der Waals surface area contributed by atoms with Gasteiger partial charge in [0.2, 0.25) is 0 Å². The largest absolute Gasteiger partial charge is 0.497 e. The lowest BCUT2D eigenvalue weighted by Gasteiger charge is -2.28. The van der Waals surface area contributed by atoms with Gasteiger partial charge in [-0.3, -0.25) is 4.98 Å². The molecule has 1 aliphatic carbocycles. The quantitative estimate of drug-likeness (QED) is 0.876. The number of ether oxygens (including phenoxy) is 1. The fraction of sp³-hybridized carbons (Fsp3) is 0.450. The van der Waals surface area contributed by atoms with Gasteiger partial charge in [0.25, 0.3) is 0 Å². The van der Waals surface area contributed by atoms with E-state index in [1.807, 2.05) is 38.2 Å². The first-order valence-electron chi connectivity index (χ1n) is 8.61. The normalized spacial score (nSPS) is 17.5. The van der Waals surface area contributed by atoms with E-state index in [1.165, 1.54) is 23.2 Å². The highest BCUT2D eigenvalue weighted by Crippen LogP contribution is 2.30. The van der Waals surface area contributed by atoms with E-state index in [4.69, 9.17) is 4.74 Å². The molecule has 0 bridgehead atoms. The highest BCUT2D eigenvalue weighted by atomic mass is 16.5. The Labute approximate surface area is 140 Å². The Bertz CT molecular complexity index is 595. The van der Waals surface area contributed by atoms with E-state index in [9.17, 15) is 0 Å². The van der Waals surface area contributed by atoms with Gasteiger partial charge in [0, 0.05) is 12.2 Å². The lowest BCUT2D eigenvalue weighted by molar-refractivity contribution is 0.403. The number of hydrogen-bond acceptors (Lipinski definition) is 3. The molecule has 23 heavy (non-hydrogen) atoms. The first-order valence-corrected chi connectivity index (χ1v) is 8.61. The fourth-order valence-electron chi connectivity index (χ4n) is 3.06. The third-order valence-electron chi connectivity index (χ3n) is 4.26. The molecule has 0 unspecified atom stereocenters. The number of aryl methyl sites for hydroxylation is 1. The number of hydrogen-bond donors (Lipinski definition) is 1. The summed E-state index contributed by atoms with van der Waals surface area (Å²) >= 11 is 0. The van der Waals surface area contributed by atoms with Crippen molar-refractivity contribution in [2.24, 2.45) is 0 Å². The van der Waals surface area contributed by atoms with Crippen LogP contribution in [0.15, 0.2) is 42.6 Å². The second-order valence-corrected chi connectivity index (χ2v) is 5.65. The van der Waals surface area contributed by atoms with E-state index in [0.29, 0.717) is 12.1 Å². The second kappa shape index (κ2) is 8.68. The number of aromatic nitrogens is 1. The van der Waals surface area contributed by atoms with Gasteiger partial charge in [0.15, 0.2) is 0 Å². The van der Waals surface area contributed by atoms with E-state index in [2.05, 4.69) is 35.4 Å². The van der Waals surface area contributed by atoms with E-state index >= 15 is 0 Å². The van der Waals surface area contributed by atoms with Gasteiger partial charge in [0.05, 0.1) is 18.8 Å². The van der Waals surface area contributed by atoms with Crippen LogP contribution in [0.1, 0.15) is 62.5 Å². The molecule has 3 nitrogen and oxygen atoms in total. The van der Waals surface area contributed by atoms with Gasteiger partial charge >= 0.3 is 0 Å². The van der Waals surface area contributed by atoms with Crippen LogP contribution in [0.4, 0.5) is 0 Å². The summed E-state index contributed by atoms with van der Waals surface area (Å²) in [5, 5.41) is 3.73. The summed E-state index contributed by atoms with van der Waals surface area (Å²) in [6, 6.07) is 13.2. The predicted molar refractivity (Wildman–Crippen MR) is 95.8 cm³/mol. The topological polar surface area (TPSA) is 34.1 Å². The summed E-state index contributed by atoms with van der Waals surface area (Å²) in [6.07, 6.45) is 5.44. The average molecular weight is 312 g/mol. The third-order valence-corrected chi connectivity index (χ3v) is 4.26. The Morgan fingerprint density at radius 1 is 1.17 bits per heavy atom. The molecule has 1 aromatic heterocycles. The summed E-state index contributed by atoms with van der Waals surface area (Å²) in [5.74, 6) is 0.899. The minimum absolute atomic E-state index is 0.300. The molecule has 0 amide bonds. The Hall–Kier alpha value is -1.87. The average Bonchev–Trinajstić information content (AvgIpc) is 2.64. The number of nitrogens with one attached hydrogen (secondary N) is 1. The van der Waals surface area contributed by atoms with Crippen LogP contribution < -0.4 is 10.1 Å². The lowest BCUT2D eigenvalue weighted by atomic mass is 9.91. The molecule has 0 spiro atoms. The second-order valence-electron chi connectivity index (χ2n) is 5.65. The molecule has 3 heteroatoms. The van der Waals surface area contributed by atoms with Crippen molar-refractivity contribution in [1.29, 1.82) is 0 Å². The van der Waals surface area contributed by atoms with Crippen LogP contribution in [0.3, 0.4) is 0 Å². The van der Waals surface area contributed by atoms with E-state index in [-0.39, 0.29) is 0 Å². The Kier molecular flexibility index (Phi) is 6.60. The SMILES string of the molecule is CC.COc1ccc([C@H](C)N[C@H]2CCCc3cccnc32)cc1. The van der Waals surface area contributed by atoms with E-state index in [1.54, 1.807) is 7.11 Å². The van der Waals surface area contributed by atoms with Crippen molar-refractivity contribution in [3.63, 3.8) is 0 Å². The number of rotatable bonds is 4. The standard InChI is InChI=1S/C18H22N2O.C2H6/c1-13(14-8-10-16(21-2)11-9-14)20-17-7-3-5-15-6-4-12-19-18(15)17;1-2/h4,6,8-13,17,20H,3,5,7H2,1-2H3;1-2H3/t13-,17-;/m0./s1. The number of methoxy groups -OCH3 is 1. The fourth-order valence-corrected chi connectivity index (χ4v) is 3.06. The Morgan fingerprint density at radius 2 is 1.91 bits per heavy atom. The monoisotopic (exact) mass is 312 g/mol. The molecule has 2 atom stereocenters. The molecule has 0 saturated heterocycles. The first kappa shape index (κ1) is 17.5. The summed E-state index contributed by atoms with van der Waals surface area (Å²) in [5.41, 5.74) is 3.89. The van der Waals surface area contributed by atoms with Crippen LogP contribution in [0, 0.1) is 0 Å². The van der Waals surface area contributed by atoms with Gasteiger partial charge in [-0.1, -0.05) is 32.0 Å². The number of fused-ring (bicyclic) bond motifs is 1. The van der Waals surface area contributed by atoms with Gasteiger partial charge in [0.1, 0.15) is 5.75 Å². The highest BCUT2D eigenvalue weighted by Gasteiger charge is 2.22. The Balaban J connectivity index is 0.000000924. The van der Waals surface area contributed by atoms with Gasteiger partial charge in [-0.2, -0.15) is 0 Å².